The number of hydrogen-bond acceptors (Lipinski definition) is 7. The molecule has 2 saturated heterocycles. The molecule has 0 aromatic heterocycles. The van der Waals surface area contributed by atoms with Crippen LogP contribution in [0.2, 0.25) is 0 Å². The van der Waals surface area contributed by atoms with E-state index < -0.39 is 29.9 Å². The maximum absolute atomic E-state index is 10.7. The topological polar surface area (TPSA) is 69.6 Å². The van der Waals surface area contributed by atoms with Crippen molar-refractivity contribution in [3.63, 3.8) is 0 Å². The van der Waals surface area contributed by atoms with Gasteiger partial charge in [0.2, 0.25) is 11.6 Å². The Morgan fingerprint density at radius 2 is 1.70 bits per heavy atom. The summed E-state index contributed by atoms with van der Waals surface area (Å²) in [4.78, 5) is 6.00. The zero-order chi connectivity index (χ0) is 19.2. The number of hydrogen-bond donors (Lipinski definition) is 1. The van der Waals surface area contributed by atoms with Crippen molar-refractivity contribution in [3.8, 4) is 0 Å². The molecule has 2 heterocycles. The van der Waals surface area contributed by atoms with Crippen LogP contribution in [0.3, 0.4) is 0 Å². The number of rotatable bonds is 4. The highest BCUT2D eigenvalue weighted by Gasteiger charge is 2.63. The Morgan fingerprint density at radius 1 is 1.07 bits per heavy atom. The molecular formula is C20H29NO6. The third-order valence-corrected chi connectivity index (χ3v) is 6.36. The Kier molecular flexibility index (Phi) is 5.05. The minimum Gasteiger partial charge on any atom is -0.390 e. The summed E-state index contributed by atoms with van der Waals surface area (Å²) in [5.41, 5.74) is 1.16. The van der Waals surface area contributed by atoms with Gasteiger partial charge in [-0.1, -0.05) is 30.3 Å². The second-order valence-electron chi connectivity index (χ2n) is 7.87. The van der Waals surface area contributed by atoms with E-state index in [4.69, 9.17) is 23.8 Å². The molecule has 150 valence electrons. The molecule has 0 unspecified atom stereocenters. The molecule has 3 aliphatic rings. The van der Waals surface area contributed by atoms with Crippen molar-refractivity contribution < 1.29 is 28.9 Å². The summed E-state index contributed by atoms with van der Waals surface area (Å²) < 4.78 is 23.9. The number of aliphatic hydroxyl groups excluding tert-OH is 1. The Labute approximate surface area is 160 Å². The molecule has 7 atom stereocenters. The standard InChI is InChI=1S/C20H29NO6/c1-19(23-3)20(2,24-4)27-18-16-14(10-15(22)17(18)26-19)12-25-21(16)11-13-8-6-5-7-9-13/h5-9,14-18,22H,10-12H2,1-4H3/t14-,15-,16+,17-,18-,19+,20+/m0/s1. The second kappa shape index (κ2) is 7.08. The van der Waals surface area contributed by atoms with Crippen LogP contribution in [0.1, 0.15) is 25.8 Å². The third kappa shape index (κ3) is 3.11. The lowest BCUT2D eigenvalue weighted by Gasteiger charge is -2.56. The van der Waals surface area contributed by atoms with Crippen LogP contribution in [-0.2, 0) is 30.3 Å². The van der Waals surface area contributed by atoms with Crippen molar-refractivity contribution in [3.05, 3.63) is 35.9 Å². The van der Waals surface area contributed by atoms with Gasteiger partial charge in [0.1, 0.15) is 12.2 Å². The first-order valence-electron chi connectivity index (χ1n) is 9.48. The molecule has 1 aromatic rings. The van der Waals surface area contributed by atoms with Crippen molar-refractivity contribution in [1.82, 2.24) is 5.06 Å². The molecule has 3 fully saturated rings. The summed E-state index contributed by atoms with van der Waals surface area (Å²) in [5, 5.41) is 12.7. The van der Waals surface area contributed by atoms with E-state index in [1.54, 1.807) is 28.1 Å². The van der Waals surface area contributed by atoms with E-state index in [1.807, 2.05) is 23.3 Å². The quantitative estimate of drug-likeness (QED) is 0.854. The number of aliphatic hydroxyl groups is 1. The first-order chi connectivity index (χ1) is 12.9. The molecule has 7 heteroatoms. The van der Waals surface area contributed by atoms with Gasteiger partial charge >= 0.3 is 0 Å². The van der Waals surface area contributed by atoms with Crippen LogP contribution in [0.25, 0.3) is 0 Å². The molecule has 0 spiro atoms. The van der Waals surface area contributed by atoms with Gasteiger partial charge in [0.25, 0.3) is 0 Å². The van der Waals surface area contributed by atoms with Crippen molar-refractivity contribution >= 4 is 0 Å². The number of hydroxylamine groups is 2. The monoisotopic (exact) mass is 379 g/mol. The van der Waals surface area contributed by atoms with Crippen LogP contribution in [-0.4, -0.2) is 66.9 Å². The zero-order valence-corrected chi connectivity index (χ0v) is 16.3. The molecule has 7 nitrogen and oxygen atoms in total. The summed E-state index contributed by atoms with van der Waals surface area (Å²) in [6.45, 7) is 4.79. The summed E-state index contributed by atoms with van der Waals surface area (Å²) in [7, 11) is 3.13. The van der Waals surface area contributed by atoms with E-state index in [2.05, 4.69) is 12.1 Å². The lowest BCUT2D eigenvalue weighted by molar-refractivity contribution is -0.463. The van der Waals surface area contributed by atoms with Gasteiger partial charge in [0.05, 0.1) is 18.8 Å². The molecule has 1 N–H and O–H groups in total. The molecule has 1 aliphatic carbocycles. The summed E-state index contributed by atoms with van der Waals surface area (Å²) >= 11 is 0. The maximum Gasteiger partial charge on any atom is 0.220 e. The largest absolute Gasteiger partial charge is 0.390 e. The van der Waals surface area contributed by atoms with Gasteiger partial charge in [-0.3, -0.25) is 4.84 Å². The van der Waals surface area contributed by atoms with Crippen LogP contribution < -0.4 is 0 Å². The van der Waals surface area contributed by atoms with Crippen molar-refractivity contribution in [2.24, 2.45) is 5.92 Å². The predicted molar refractivity (Wildman–Crippen MR) is 96.4 cm³/mol. The van der Waals surface area contributed by atoms with Crippen LogP contribution in [0.15, 0.2) is 30.3 Å². The smallest absolute Gasteiger partial charge is 0.220 e. The van der Waals surface area contributed by atoms with Gasteiger partial charge < -0.3 is 24.1 Å². The Bertz CT molecular complexity index is 659. The van der Waals surface area contributed by atoms with Gasteiger partial charge in [0.15, 0.2) is 0 Å². The molecule has 1 saturated carbocycles. The summed E-state index contributed by atoms with van der Waals surface area (Å²) in [6.07, 6.45) is -0.950. The highest BCUT2D eigenvalue weighted by atomic mass is 16.8. The lowest BCUT2D eigenvalue weighted by atomic mass is 9.78. The molecule has 0 amide bonds. The van der Waals surface area contributed by atoms with Crippen LogP contribution >= 0.6 is 0 Å². The highest BCUT2D eigenvalue weighted by molar-refractivity contribution is 5.15. The van der Waals surface area contributed by atoms with Gasteiger partial charge in [0, 0.05) is 26.7 Å². The molecule has 27 heavy (non-hydrogen) atoms. The van der Waals surface area contributed by atoms with Gasteiger partial charge in [-0.2, -0.15) is 5.06 Å². The van der Waals surface area contributed by atoms with Crippen LogP contribution in [0.5, 0.6) is 0 Å². The van der Waals surface area contributed by atoms with Gasteiger partial charge in [-0.25, -0.2) is 0 Å². The van der Waals surface area contributed by atoms with E-state index in [0.29, 0.717) is 19.6 Å². The Hall–Kier alpha value is -1.06. The van der Waals surface area contributed by atoms with Crippen molar-refractivity contribution in [1.29, 1.82) is 0 Å². The molecular weight excluding hydrogens is 350 g/mol. The number of methoxy groups -OCH3 is 2. The average molecular weight is 379 g/mol. The lowest BCUT2D eigenvalue weighted by Crippen LogP contribution is -2.72. The zero-order valence-electron chi connectivity index (χ0n) is 16.3. The highest BCUT2D eigenvalue weighted by Crippen LogP contribution is 2.47. The molecule has 0 radical (unpaired) electrons. The molecule has 2 aliphatic heterocycles. The number of fused-ring (bicyclic) bond motifs is 3. The third-order valence-electron chi connectivity index (χ3n) is 6.36. The van der Waals surface area contributed by atoms with Crippen LogP contribution in [0, 0.1) is 5.92 Å². The van der Waals surface area contributed by atoms with Crippen LogP contribution in [0.4, 0.5) is 0 Å². The van der Waals surface area contributed by atoms with E-state index in [9.17, 15) is 5.11 Å². The van der Waals surface area contributed by atoms with Gasteiger partial charge in [-0.15, -0.1) is 0 Å². The first kappa shape index (κ1) is 19.3. The van der Waals surface area contributed by atoms with E-state index in [0.717, 1.165) is 5.56 Å². The van der Waals surface area contributed by atoms with E-state index in [1.165, 1.54) is 0 Å². The maximum atomic E-state index is 10.7. The van der Waals surface area contributed by atoms with Crippen molar-refractivity contribution in [2.75, 3.05) is 20.8 Å². The number of nitrogens with zero attached hydrogens (tertiary/aromatic N) is 1. The number of ether oxygens (including phenoxy) is 4. The van der Waals surface area contributed by atoms with Crippen molar-refractivity contribution in [2.45, 2.75) is 62.7 Å². The average Bonchev–Trinajstić information content (AvgIpc) is 3.06. The normalized spacial score (nSPS) is 44.7. The summed E-state index contributed by atoms with van der Waals surface area (Å²) in [6, 6.07) is 10.1. The molecule has 1 aromatic carbocycles. The predicted octanol–water partition coefficient (Wildman–Crippen LogP) is 1.69. The van der Waals surface area contributed by atoms with E-state index in [-0.39, 0.29) is 12.0 Å². The minimum absolute atomic E-state index is 0.0329. The molecule has 4 rings (SSSR count). The fourth-order valence-electron chi connectivity index (χ4n) is 4.51. The Balaban J connectivity index is 1.62. The van der Waals surface area contributed by atoms with Gasteiger partial charge in [-0.05, 0) is 25.8 Å². The first-order valence-corrected chi connectivity index (χ1v) is 9.48. The Morgan fingerprint density at radius 3 is 2.33 bits per heavy atom. The fourth-order valence-corrected chi connectivity index (χ4v) is 4.51. The fraction of sp³-hybridized carbons (Fsp3) is 0.700. The summed E-state index contributed by atoms with van der Waals surface area (Å²) in [5.74, 6) is -2.06. The van der Waals surface area contributed by atoms with E-state index >= 15 is 0 Å². The molecule has 0 bridgehead atoms. The second-order valence-corrected chi connectivity index (χ2v) is 7.87. The SMILES string of the molecule is CO[C@]1(C)O[C@@H]2[C@@H](O[C@@]1(C)OC)[C@@H](O)C[C@H]1CON(Cc3ccccc3)[C@H]12. The minimum atomic E-state index is -1.12. The number of benzene rings is 1.